The molecule has 12 heteroatoms. The standard InChI is InChI=1S/C47H64N4O6S2/c1-3-5-7-9-14-18-38-58(52,53)46-32-24-42(25-33-46)50-48-40-20-28-44(29-21-40)56-36-16-12-11-13-17-37-57-45-30-22-41(23-31-45)49-51-43-26-34-47(35-27-43)59(54,55)39-19-15-10-8-6-4-2/h20-35H,3-19,36-39H2,1-2H3. The SMILES string of the molecule is CCCCCCCCS(=O)(=O)c1ccc(N=Nc2ccc(OCCCCCCCOc3ccc(N=Nc4ccc(S(=O)(=O)CCCCCCCC)cc4)cc3)cc2)cc1. The molecule has 0 aliphatic rings. The van der Waals surface area contributed by atoms with Crippen LogP contribution in [0.25, 0.3) is 0 Å². The van der Waals surface area contributed by atoms with Crippen molar-refractivity contribution < 1.29 is 26.3 Å². The average Bonchev–Trinajstić information content (AvgIpc) is 3.25. The topological polar surface area (TPSA) is 136 Å². The second kappa shape index (κ2) is 26.6. The van der Waals surface area contributed by atoms with Crippen LogP contribution in [-0.2, 0) is 19.7 Å². The van der Waals surface area contributed by atoms with E-state index in [1.807, 2.05) is 48.5 Å². The van der Waals surface area contributed by atoms with Crippen LogP contribution in [0.1, 0.15) is 123 Å². The molecule has 0 spiro atoms. The summed E-state index contributed by atoms with van der Waals surface area (Å²) in [4.78, 5) is 0.662. The maximum absolute atomic E-state index is 12.7. The number of sulfone groups is 2. The molecule has 0 saturated carbocycles. The molecule has 0 fully saturated rings. The minimum Gasteiger partial charge on any atom is -0.494 e. The van der Waals surface area contributed by atoms with E-state index in [9.17, 15) is 16.8 Å². The van der Waals surface area contributed by atoms with E-state index in [4.69, 9.17) is 9.47 Å². The van der Waals surface area contributed by atoms with E-state index in [1.54, 1.807) is 48.5 Å². The third-order valence-corrected chi connectivity index (χ3v) is 13.6. The quantitative estimate of drug-likeness (QED) is 0.0379. The molecule has 0 bridgehead atoms. The van der Waals surface area contributed by atoms with Crippen LogP contribution in [0.3, 0.4) is 0 Å². The molecule has 59 heavy (non-hydrogen) atoms. The van der Waals surface area contributed by atoms with Gasteiger partial charge in [-0.3, -0.25) is 0 Å². The van der Waals surface area contributed by atoms with E-state index in [-0.39, 0.29) is 11.5 Å². The van der Waals surface area contributed by atoms with Crippen LogP contribution in [0.15, 0.2) is 127 Å². The van der Waals surface area contributed by atoms with Gasteiger partial charge in [0.25, 0.3) is 0 Å². The lowest BCUT2D eigenvalue weighted by molar-refractivity contribution is 0.293. The molecule has 0 aromatic heterocycles. The fourth-order valence-corrected chi connectivity index (χ4v) is 9.13. The number of unbranched alkanes of at least 4 members (excludes halogenated alkanes) is 14. The van der Waals surface area contributed by atoms with Crippen LogP contribution in [-0.4, -0.2) is 41.6 Å². The first kappa shape index (κ1) is 47.3. The van der Waals surface area contributed by atoms with E-state index in [0.29, 0.717) is 58.6 Å². The Morgan fingerprint density at radius 1 is 0.356 bits per heavy atom. The Bertz CT molecular complexity index is 1890. The molecule has 0 atom stereocenters. The number of benzene rings is 4. The molecule has 0 heterocycles. The molecule has 0 N–H and O–H groups in total. The predicted octanol–water partition coefficient (Wildman–Crippen LogP) is 14.2. The third kappa shape index (κ3) is 18.6. The van der Waals surface area contributed by atoms with Crippen molar-refractivity contribution in [2.24, 2.45) is 20.5 Å². The van der Waals surface area contributed by atoms with Crippen LogP contribution in [0, 0.1) is 0 Å². The fraction of sp³-hybridized carbons (Fsp3) is 0.489. The highest BCUT2D eigenvalue weighted by Gasteiger charge is 2.15. The van der Waals surface area contributed by atoms with Gasteiger partial charge in [0.05, 0.1) is 57.3 Å². The lowest BCUT2D eigenvalue weighted by Gasteiger charge is -2.07. The molecule has 320 valence electrons. The first-order valence-corrected chi connectivity index (χ1v) is 24.9. The summed E-state index contributed by atoms with van der Waals surface area (Å²) in [7, 11) is -6.58. The number of ether oxygens (including phenoxy) is 2. The van der Waals surface area contributed by atoms with E-state index < -0.39 is 19.7 Å². The Hall–Kier alpha value is -4.42. The zero-order valence-corrected chi connectivity index (χ0v) is 36.8. The van der Waals surface area contributed by atoms with Gasteiger partial charge in [0.15, 0.2) is 19.7 Å². The van der Waals surface area contributed by atoms with E-state index in [1.165, 1.54) is 38.5 Å². The molecule has 0 aliphatic heterocycles. The van der Waals surface area contributed by atoms with Gasteiger partial charge in [-0.2, -0.15) is 20.5 Å². The van der Waals surface area contributed by atoms with E-state index in [2.05, 4.69) is 34.3 Å². The fourth-order valence-electron chi connectivity index (χ4n) is 6.38. The highest BCUT2D eigenvalue weighted by molar-refractivity contribution is 7.91. The van der Waals surface area contributed by atoms with Crippen molar-refractivity contribution in [3.8, 4) is 11.5 Å². The van der Waals surface area contributed by atoms with Crippen LogP contribution < -0.4 is 9.47 Å². The van der Waals surface area contributed by atoms with Crippen LogP contribution in [0.5, 0.6) is 11.5 Å². The van der Waals surface area contributed by atoms with Gasteiger partial charge in [-0.1, -0.05) is 97.3 Å². The molecule has 10 nitrogen and oxygen atoms in total. The summed E-state index contributed by atoms with van der Waals surface area (Å²) < 4.78 is 62.5. The summed E-state index contributed by atoms with van der Waals surface area (Å²) >= 11 is 0. The Labute approximate surface area is 353 Å². The van der Waals surface area contributed by atoms with Gasteiger partial charge in [0, 0.05) is 0 Å². The maximum atomic E-state index is 12.7. The summed E-state index contributed by atoms with van der Waals surface area (Å²) in [5, 5.41) is 17.1. The van der Waals surface area contributed by atoms with Gasteiger partial charge in [-0.05, 0) is 123 Å². The summed E-state index contributed by atoms with van der Waals surface area (Å²) in [5.41, 5.74) is 2.57. The summed E-state index contributed by atoms with van der Waals surface area (Å²) in [6.45, 7) is 5.62. The van der Waals surface area contributed by atoms with Crippen molar-refractivity contribution in [1.29, 1.82) is 0 Å². The van der Waals surface area contributed by atoms with Gasteiger partial charge in [0.2, 0.25) is 0 Å². The van der Waals surface area contributed by atoms with Crippen molar-refractivity contribution in [3.05, 3.63) is 97.1 Å². The van der Waals surface area contributed by atoms with Crippen molar-refractivity contribution in [1.82, 2.24) is 0 Å². The first-order chi connectivity index (χ1) is 28.7. The second-order valence-electron chi connectivity index (χ2n) is 15.0. The maximum Gasteiger partial charge on any atom is 0.178 e. The highest BCUT2D eigenvalue weighted by Crippen LogP contribution is 2.25. The largest absolute Gasteiger partial charge is 0.494 e. The third-order valence-electron chi connectivity index (χ3n) is 9.99. The van der Waals surface area contributed by atoms with Crippen molar-refractivity contribution in [2.45, 2.75) is 133 Å². The molecule has 0 aliphatic carbocycles. The molecule has 4 aromatic carbocycles. The lowest BCUT2D eigenvalue weighted by Crippen LogP contribution is -2.06. The average molecular weight is 845 g/mol. The highest BCUT2D eigenvalue weighted by atomic mass is 32.2. The molecule has 0 saturated heterocycles. The van der Waals surface area contributed by atoms with E-state index in [0.717, 1.165) is 69.3 Å². The number of azo groups is 2. The zero-order valence-electron chi connectivity index (χ0n) is 35.1. The van der Waals surface area contributed by atoms with Gasteiger partial charge in [-0.15, -0.1) is 0 Å². The molecular formula is C47H64N4O6S2. The molecule has 0 unspecified atom stereocenters. The first-order valence-electron chi connectivity index (χ1n) is 21.6. The normalized spacial score (nSPS) is 12.1. The van der Waals surface area contributed by atoms with Crippen molar-refractivity contribution in [2.75, 3.05) is 24.7 Å². The zero-order chi connectivity index (χ0) is 42.0. The number of rotatable bonds is 30. The Morgan fingerprint density at radius 2 is 0.627 bits per heavy atom. The van der Waals surface area contributed by atoms with E-state index >= 15 is 0 Å². The van der Waals surface area contributed by atoms with Crippen molar-refractivity contribution in [3.63, 3.8) is 0 Å². The molecule has 0 radical (unpaired) electrons. The molecular weight excluding hydrogens is 781 g/mol. The lowest BCUT2D eigenvalue weighted by atomic mass is 10.1. The number of hydrogen-bond acceptors (Lipinski definition) is 10. The summed E-state index contributed by atoms with van der Waals surface area (Å²) in [5.74, 6) is 1.92. The smallest absolute Gasteiger partial charge is 0.178 e. The van der Waals surface area contributed by atoms with Crippen LogP contribution >= 0.6 is 0 Å². The Kier molecular flexibility index (Phi) is 21.3. The van der Waals surface area contributed by atoms with Gasteiger partial charge in [0.1, 0.15) is 11.5 Å². The Morgan fingerprint density at radius 3 is 0.949 bits per heavy atom. The molecule has 4 rings (SSSR count). The monoisotopic (exact) mass is 844 g/mol. The van der Waals surface area contributed by atoms with Gasteiger partial charge < -0.3 is 9.47 Å². The molecule has 4 aromatic rings. The molecule has 0 amide bonds. The number of hydrogen-bond donors (Lipinski definition) is 0. The van der Waals surface area contributed by atoms with Crippen LogP contribution in [0.2, 0.25) is 0 Å². The summed E-state index contributed by atoms with van der Waals surface area (Å²) in [6, 6.07) is 28.1. The van der Waals surface area contributed by atoms with Gasteiger partial charge >= 0.3 is 0 Å². The minimum absolute atomic E-state index is 0.177. The second-order valence-corrected chi connectivity index (χ2v) is 19.2. The van der Waals surface area contributed by atoms with Crippen molar-refractivity contribution >= 4 is 42.4 Å². The Balaban J connectivity index is 1.04. The summed E-state index contributed by atoms with van der Waals surface area (Å²) in [6.07, 6.45) is 17.7. The van der Waals surface area contributed by atoms with Crippen LogP contribution in [0.4, 0.5) is 22.7 Å². The van der Waals surface area contributed by atoms with Gasteiger partial charge in [-0.25, -0.2) is 16.8 Å². The number of nitrogens with zero attached hydrogens (tertiary/aromatic N) is 4. The predicted molar refractivity (Wildman–Crippen MR) is 239 cm³/mol. The minimum atomic E-state index is -3.29.